The van der Waals surface area contributed by atoms with Gasteiger partial charge in [-0.05, 0) is 24.8 Å². The van der Waals surface area contributed by atoms with E-state index in [1.807, 2.05) is 0 Å². The van der Waals surface area contributed by atoms with E-state index >= 15 is 0 Å². The standard InChI is InChI=1S/C17H25F2NO2/c1-12(2)6-8-22-14-5-7-20(10-14)11-17(21)15-4-3-13(18)9-16(15)19/h3-4,9,12,14,17,21H,5-8,10-11H2,1-2H3. The van der Waals surface area contributed by atoms with Crippen molar-refractivity contribution in [2.24, 2.45) is 5.92 Å². The molecule has 1 saturated heterocycles. The smallest absolute Gasteiger partial charge is 0.131 e. The summed E-state index contributed by atoms with van der Waals surface area (Å²) in [6.07, 6.45) is 1.20. The molecule has 0 spiro atoms. The first-order valence-electron chi connectivity index (χ1n) is 7.92. The summed E-state index contributed by atoms with van der Waals surface area (Å²) in [6.45, 7) is 7.00. The van der Waals surface area contributed by atoms with Crippen molar-refractivity contribution in [1.82, 2.24) is 4.90 Å². The molecule has 2 unspecified atom stereocenters. The number of likely N-dealkylation sites (tertiary alicyclic amines) is 1. The fourth-order valence-electron chi connectivity index (χ4n) is 2.68. The molecule has 1 aromatic carbocycles. The predicted octanol–water partition coefficient (Wildman–Crippen LogP) is 3.14. The van der Waals surface area contributed by atoms with Crippen molar-refractivity contribution >= 4 is 0 Å². The van der Waals surface area contributed by atoms with E-state index in [2.05, 4.69) is 18.7 Å². The van der Waals surface area contributed by atoms with Crippen molar-refractivity contribution in [2.75, 3.05) is 26.2 Å². The van der Waals surface area contributed by atoms with Crippen molar-refractivity contribution in [2.45, 2.75) is 38.9 Å². The molecule has 0 radical (unpaired) electrons. The zero-order valence-corrected chi connectivity index (χ0v) is 13.3. The van der Waals surface area contributed by atoms with Crippen LogP contribution in [-0.2, 0) is 4.74 Å². The number of hydrogen-bond acceptors (Lipinski definition) is 3. The number of nitrogens with zero attached hydrogens (tertiary/aromatic N) is 1. The van der Waals surface area contributed by atoms with Gasteiger partial charge in [0.2, 0.25) is 0 Å². The molecule has 5 heteroatoms. The van der Waals surface area contributed by atoms with Gasteiger partial charge in [0.15, 0.2) is 0 Å². The molecule has 22 heavy (non-hydrogen) atoms. The predicted molar refractivity (Wildman–Crippen MR) is 81.6 cm³/mol. The van der Waals surface area contributed by atoms with E-state index in [-0.39, 0.29) is 11.7 Å². The molecule has 3 nitrogen and oxygen atoms in total. The Bertz CT molecular complexity index is 482. The third-order valence-corrected chi connectivity index (χ3v) is 4.03. The molecule has 2 rings (SSSR count). The second kappa shape index (κ2) is 7.99. The molecule has 0 bridgehead atoms. The Morgan fingerprint density at radius 1 is 1.36 bits per heavy atom. The second-order valence-corrected chi connectivity index (χ2v) is 6.41. The highest BCUT2D eigenvalue weighted by molar-refractivity contribution is 5.21. The summed E-state index contributed by atoms with van der Waals surface area (Å²) >= 11 is 0. The van der Waals surface area contributed by atoms with E-state index in [0.29, 0.717) is 12.5 Å². The van der Waals surface area contributed by atoms with Gasteiger partial charge in [-0.3, -0.25) is 4.90 Å². The average molecular weight is 313 g/mol. The molecule has 1 aliphatic heterocycles. The van der Waals surface area contributed by atoms with Gasteiger partial charge in [-0.25, -0.2) is 8.78 Å². The molecule has 0 aromatic heterocycles. The van der Waals surface area contributed by atoms with Crippen LogP contribution in [0.1, 0.15) is 38.4 Å². The van der Waals surface area contributed by atoms with E-state index < -0.39 is 17.7 Å². The van der Waals surface area contributed by atoms with Crippen molar-refractivity contribution in [3.63, 3.8) is 0 Å². The number of hydrogen-bond donors (Lipinski definition) is 1. The number of aliphatic hydroxyl groups excluding tert-OH is 1. The first kappa shape index (κ1) is 17.3. The molecule has 1 aliphatic rings. The second-order valence-electron chi connectivity index (χ2n) is 6.41. The lowest BCUT2D eigenvalue weighted by molar-refractivity contribution is 0.0467. The highest BCUT2D eigenvalue weighted by atomic mass is 19.1. The molecule has 1 N–H and O–H groups in total. The number of rotatable bonds is 7. The summed E-state index contributed by atoms with van der Waals surface area (Å²) in [5.41, 5.74) is 0.144. The van der Waals surface area contributed by atoms with Gasteiger partial charge >= 0.3 is 0 Å². The highest BCUT2D eigenvalue weighted by Gasteiger charge is 2.26. The van der Waals surface area contributed by atoms with Crippen molar-refractivity contribution in [3.8, 4) is 0 Å². The van der Waals surface area contributed by atoms with Gasteiger partial charge in [0.1, 0.15) is 11.6 Å². The summed E-state index contributed by atoms with van der Waals surface area (Å²) < 4.78 is 32.4. The first-order valence-corrected chi connectivity index (χ1v) is 7.92. The minimum atomic E-state index is -0.949. The van der Waals surface area contributed by atoms with Crippen molar-refractivity contribution in [3.05, 3.63) is 35.4 Å². The average Bonchev–Trinajstić information content (AvgIpc) is 2.85. The molecular weight excluding hydrogens is 288 g/mol. The Morgan fingerprint density at radius 3 is 2.82 bits per heavy atom. The van der Waals surface area contributed by atoms with Crippen molar-refractivity contribution in [1.29, 1.82) is 0 Å². The van der Waals surface area contributed by atoms with Gasteiger partial charge in [0.25, 0.3) is 0 Å². The van der Waals surface area contributed by atoms with Crippen LogP contribution in [0.15, 0.2) is 18.2 Å². The Kier molecular flexibility index (Phi) is 6.29. The lowest BCUT2D eigenvalue weighted by Crippen LogP contribution is -2.28. The number of aliphatic hydroxyl groups is 1. The summed E-state index contributed by atoms with van der Waals surface area (Å²) in [7, 11) is 0. The van der Waals surface area contributed by atoms with E-state index in [1.54, 1.807) is 0 Å². The molecule has 124 valence electrons. The SMILES string of the molecule is CC(C)CCOC1CCN(CC(O)c2ccc(F)cc2F)C1. The largest absolute Gasteiger partial charge is 0.387 e. The van der Waals surface area contributed by atoms with E-state index in [0.717, 1.165) is 38.6 Å². The minimum absolute atomic E-state index is 0.144. The quantitative estimate of drug-likeness (QED) is 0.839. The molecule has 2 atom stereocenters. The fraction of sp³-hybridized carbons (Fsp3) is 0.647. The number of benzene rings is 1. The van der Waals surface area contributed by atoms with Crippen LogP contribution in [0.5, 0.6) is 0 Å². The van der Waals surface area contributed by atoms with Crippen LogP contribution < -0.4 is 0 Å². The number of halogens is 2. The van der Waals surface area contributed by atoms with Gasteiger partial charge in [-0.15, -0.1) is 0 Å². The number of β-amino-alcohol motifs (C(OH)–C–C–N with tert-alkyl or cyclic N) is 1. The fourth-order valence-corrected chi connectivity index (χ4v) is 2.68. The summed E-state index contributed by atoms with van der Waals surface area (Å²) in [4.78, 5) is 2.06. The molecule has 1 heterocycles. The third kappa shape index (κ3) is 5.00. The van der Waals surface area contributed by atoms with E-state index in [1.165, 1.54) is 12.1 Å². The van der Waals surface area contributed by atoms with Crippen LogP contribution in [0.3, 0.4) is 0 Å². The zero-order chi connectivity index (χ0) is 16.1. The van der Waals surface area contributed by atoms with Crippen LogP contribution in [0.4, 0.5) is 8.78 Å². The minimum Gasteiger partial charge on any atom is -0.387 e. The Balaban J connectivity index is 1.79. The highest BCUT2D eigenvalue weighted by Crippen LogP contribution is 2.22. The summed E-state index contributed by atoms with van der Waals surface area (Å²) in [5, 5.41) is 10.1. The maximum Gasteiger partial charge on any atom is 0.131 e. The van der Waals surface area contributed by atoms with Crippen LogP contribution in [0.2, 0.25) is 0 Å². The monoisotopic (exact) mass is 313 g/mol. The van der Waals surface area contributed by atoms with E-state index in [4.69, 9.17) is 4.74 Å². The van der Waals surface area contributed by atoms with Gasteiger partial charge in [-0.1, -0.05) is 19.9 Å². The van der Waals surface area contributed by atoms with Crippen LogP contribution in [0.25, 0.3) is 0 Å². The lowest BCUT2D eigenvalue weighted by Gasteiger charge is -2.21. The Morgan fingerprint density at radius 2 is 2.14 bits per heavy atom. The van der Waals surface area contributed by atoms with Crippen LogP contribution in [0, 0.1) is 17.6 Å². The molecule has 1 aromatic rings. The molecular formula is C17H25F2NO2. The topological polar surface area (TPSA) is 32.7 Å². The lowest BCUT2D eigenvalue weighted by atomic mass is 10.1. The van der Waals surface area contributed by atoms with E-state index in [9.17, 15) is 13.9 Å². The molecule has 1 fully saturated rings. The first-order chi connectivity index (χ1) is 10.5. The van der Waals surface area contributed by atoms with Crippen LogP contribution in [-0.4, -0.2) is 42.4 Å². The maximum absolute atomic E-state index is 13.7. The zero-order valence-electron chi connectivity index (χ0n) is 13.3. The summed E-state index contributed by atoms with van der Waals surface area (Å²) in [5.74, 6) is -0.703. The normalized spacial score (nSPS) is 20.7. The maximum atomic E-state index is 13.7. The Labute approximate surface area is 130 Å². The van der Waals surface area contributed by atoms with Gasteiger partial charge in [0, 0.05) is 37.9 Å². The van der Waals surface area contributed by atoms with Crippen molar-refractivity contribution < 1.29 is 18.6 Å². The molecule has 0 amide bonds. The van der Waals surface area contributed by atoms with Gasteiger partial charge in [-0.2, -0.15) is 0 Å². The van der Waals surface area contributed by atoms with Crippen LogP contribution >= 0.6 is 0 Å². The third-order valence-electron chi connectivity index (χ3n) is 4.03. The Hall–Kier alpha value is -1.04. The molecule has 0 saturated carbocycles. The number of ether oxygens (including phenoxy) is 1. The van der Waals surface area contributed by atoms with Gasteiger partial charge in [0.05, 0.1) is 12.2 Å². The van der Waals surface area contributed by atoms with Gasteiger partial charge < -0.3 is 9.84 Å². The molecule has 0 aliphatic carbocycles. The summed E-state index contributed by atoms with van der Waals surface area (Å²) in [6, 6.07) is 3.28.